The number of nitrogens with zero attached hydrogens (tertiary/aromatic N) is 4. The Bertz CT molecular complexity index is 1270. The molecular weight excluding hydrogens is 481 g/mol. The molecule has 2 heterocycles. The molecule has 0 bridgehead atoms. The van der Waals surface area contributed by atoms with Gasteiger partial charge in [-0.2, -0.15) is 0 Å². The highest BCUT2D eigenvalue weighted by Gasteiger charge is 2.43. The largest absolute Gasteiger partial charge is 0.495 e. The van der Waals surface area contributed by atoms with Crippen molar-refractivity contribution in [2.75, 3.05) is 19.5 Å². The van der Waals surface area contributed by atoms with Crippen LogP contribution >= 0.6 is 11.6 Å². The molecule has 1 unspecified atom stereocenters. The Balaban J connectivity index is 1.62. The number of halogens is 4. The lowest BCUT2D eigenvalue weighted by molar-refractivity contribution is -0.0905. The van der Waals surface area contributed by atoms with Gasteiger partial charge in [-0.15, -0.1) is 11.6 Å². The Labute approximate surface area is 206 Å². The summed E-state index contributed by atoms with van der Waals surface area (Å²) >= 11 is 5.90. The number of amidine groups is 1. The summed E-state index contributed by atoms with van der Waals surface area (Å²) < 4.78 is 48.9. The topological polar surface area (TPSA) is 51.9 Å². The van der Waals surface area contributed by atoms with Gasteiger partial charge >= 0.3 is 0 Å². The number of methoxy groups -OCH3 is 1. The summed E-state index contributed by atoms with van der Waals surface area (Å²) in [6.45, 7) is 3.91. The minimum absolute atomic E-state index is 0.0947. The van der Waals surface area contributed by atoms with Gasteiger partial charge in [-0.05, 0) is 49.2 Å². The molecule has 0 saturated heterocycles. The van der Waals surface area contributed by atoms with Gasteiger partial charge in [0.2, 0.25) is 5.72 Å². The van der Waals surface area contributed by atoms with E-state index in [2.05, 4.69) is 10.1 Å². The molecule has 184 valence electrons. The van der Waals surface area contributed by atoms with Crippen LogP contribution in [0.25, 0.3) is 11.8 Å². The molecule has 0 spiro atoms. The number of ether oxygens (including phenoxy) is 1. The van der Waals surface area contributed by atoms with Crippen molar-refractivity contribution in [3.05, 3.63) is 83.2 Å². The lowest BCUT2D eigenvalue weighted by atomic mass is 10.0. The van der Waals surface area contributed by atoms with Crippen LogP contribution in [-0.2, 0) is 10.6 Å². The van der Waals surface area contributed by atoms with E-state index in [1.165, 1.54) is 0 Å². The predicted octanol–water partition coefficient (Wildman–Crippen LogP) is 5.77. The van der Waals surface area contributed by atoms with E-state index in [4.69, 9.17) is 21.2 Å². The van der Waals surface area contributed by atoms with E-state index >= 15 is 0 Å². The van der Waals surface area contributed by atoms with Crippen LogP contribution in [0.1, 0.15) is 30.2 Å². The maximum Gasteiger partial charge on any atom is 0.234 e. The number of imidazole rings is 1. The van der Waals surface area contributed by atoms with Crippen molar-refractivity contribution in [2.24, 2.45) is 5.16 Å². The normalized spacial score (nSPS) is 17.7. The summed E-state index contributed by atoms with van der Waals surface area (Å²) in [6.07, 6.45) is 7.72. The van der Waals surface area contributed by atoms with E-state index < -0.39 is 23.2 Å². The maximum atomic E-state index is 14.0. The highest BCUT2D eigenvalue weighted by molar-refractivity contribution is 6.17. The number of hydrogen-bond donors (Lipinski definition) is 0. The number of alkyl halides is 1. The van der Waals surface area contributed by atoms with Crippen LogP contribution in [0.4, 0.5) is 13.2 Å². The van der Waals surface area contributed by atoms with E-state index in [-0.39, 0.29) is 5.56 Å². The maximum absolute atomic E-state index is 14.0. The fraction of sp³-hybridized carbons (Fsp3) is 0.280. The van der Waals surface area contributed by atoms with Crippen molar-refractivity contribution < 1.29 is 22.7 Å². The molecule has 0 N–H and O–H groups in total. The molecule has 0 aliphatic carbocycles. The first kappa shape index (κ1) is 24.7. The van der Waals surface area contributed by atoms with Crippen LogP contribution in [0.2, 0.25) is 0 Å². The molecule has 6 nitrogen and oxygen atoms in total. The Morgan fingerprint density at radius 3 is 2.51 bits per heavy atom. The smallest absolute Gasteiger partial charge is 0.234 e. The van der Waals surface area contributed by atoms with Gasteiger partial charge < -0.3 is 19.0 Å². The number of hydrogen-bond acceptors (Lipinski definition) is 5. The van der Waals surface area contributed by atoms with Crippen LogP contribution in [0.3, 0.4) is 0 Å². The minimum atomic E-state index is -1.54. The van der Waals surface area contributed by atoms with E-state index in [1.807, 2.05) is 42.0 Å². The number of aromatic nitrogens is 2. The molecule has 3 aromatic rings. The molecular formula is C25H24ClF3N4O2. The first-order chi connectivity index (χ1) is 16.8. The standard InChI is InChI=1S/C25H24ClF3N4O2/c1-16-14-32(15-30-16)21-7-5-17(11-22(21)34-3)6-8-23-31-35-25(2,33(23)10-4-9-26)18-12-19(27)24(29)20(28)13-18/h5-8,11-15H,4,9-10H2,1-3H3. The second-order valence-electron chi connectivity index (χ2n) is 8.16. The van der Waals surface area contributed by atoms with E-state index in [1.54, 1.807) is 31.3 Å². The van der Waals surface area contributed by atoms with Gasteiger partial charge in [-0.1, -0.05) is 17.3 Å². The third kappa shape index (κ3) is 4.86. The molecule has 1 aliphatic heterocycles. The second-order valence-corrected chi connectivity index (χ2v) is 8.54. The van der Waals surface area contributed by atoms with Crippen molar-refractivity contribution in [1.82, 2.24) is 14.5 Å². The summed E-state index contributed by atoms with van der Waals surface area (Å²) in [5, 5.41) is 4.14. The van der Waals surface area contributed by atoms with Crippen molar-refractivity contribution >= 4 is 23.5 Å². The summed E-state index contributed by atoms with van der Waals surface area (Å²) in [5.41, 5.74) is 1.30. The lowest BCUT2D eigenvalue weighted by Crippen LogP contribution is -2.44. The summed E-state index contributed by atoms with van der Waals surface area (Å²) in [7, 11) is 1.59. The Morgan fingerprint density at radius 2 is 1.89 bits per heavy atom. The van der Waals surface area contributed by atoms with Crippen LogP contribution < -0.4 is 4.74 Å². The highest BCUT2D eigenvalue weighted by Crippen LogP contribution is 2.37. The van der Waals surface area contributed by atoms with E-state index in [0.29, 0.717) is 30.4 Å². The molecule has 1 aliphatic rings. The number of rotatable bonds is 8. The molecule has 1 aromatic heterocycles. The highest BCUT2D eigenvalue weighted by atomic mass is 35.5. The number of benzene rings is 2. The zero-order valence-electron chi connectivity index (χ0n) is 19.4. The van der Waals surface area contributed by atoms with Gasteiger partial charge in [0.1, 0.15) is 5.75 Å². The van der Waals surface area contributed by atoms with Crippen molar-refractivity contribution in [2.45, 2.75) is 26.0 Å². The van der Waals surface area contributed by atoms with Gasteiger partial charge in [-0.3, -0.25) is 0 Å². The first-order valence-electron chi connectivity index (χ1n) is 10.9. The fourth-order valence-corrected chi connectivity index (χ4v) is 4.01. The second kappa shape index (κ2) is 10.0. The van der Waals surface area contributed by atoms with Crippen LogP contribution in [0, 0.1) is 24.4 Å². The van der Waals surface area contributed by atoms with Gasteiger partial charge in [0.05, 0.1) is 24.8 Å². The molecule has 35 heavy (non-hydrogen) atoms. The molecule has 0 fully saturated rings. The Morgan fingerprint density at radius 1 is 1.14 bits per heavy atom. The first-order valence-corrected chi connectivity index (χ1v) is 11.4. The average Bonchev–Trinajstić information content (AvgIpc) is 3.42. The van der Waals surface area contributed by atoms with Crippen LogP contribution in [-0.4, -0.2) is 39.8 Å². The third-order valence-electron chi connectivity index (χ3n) is 5.76. The summed E-state index contributed by atoms with van der Waals surface area (Å²) in [5.74, 6) is -2.70. The molecule has 0 amide bonds. The van der Waals surface area contributed by atoms with Gasteiger partial charge in [0.25, 0.3) is 0 Å². The number of aryl methyl sites for hydroxylation is 1. The fourth-order valence-electron chi connectivity index (χ4n) is 3.89. The summed E-state index contributed by atoms with van der Waals surface area (Å²) in [4.78, 5) is 11.6. The van der Waals surface area contributed by atoms with E-state index in [0.717, 1.165) is 29.1 Å². The monoisotopic (exact) mass is 504 g/mol. The number of oxime groups is 1. The van der Waals surface area contributed by atoms with Crippen molar-refractivity contribution in [3.8, 4) is 11.4 Å². The third-order valence-corrected chi connectivity index (χ3v) is 6.03. The van der Waals surface area contributed by atoms with Crippen molar-refractivity contribution in [1.29, 1.82) is 0 Å². The van der Waals surface area contributed by atoms with Gasteiger partial charge in [0.15, 0.2) is 23.3 Å². The van der Waals surface area contributed by atoms with Crippen LogP contribution in [0.5, 0.6) is 5.75 Å². The van der Waals surface area contributed by atoms with Gasteiger partial charge in [-0.25, -0.2) is 18.2 Å². The minimum Gasteiger partial charge on any atom is -0.495 e. The van der Waals surface area contributed by atoms with E-state index in [9.17, 15) is 13.2 Å². The zero-order chi connectivity index (χ0) is 25.2. The zero-order valence-corrected chi connectivity index (χ0v) is 20.2. The molecule has 1 atom stereocenters. The molecule has 2 aromatic carbocycles. The predicted molar refractivity (Wildman–Crippen MR) is 128 cm³/mol. The Hall–Kier alpha value is -3.46. The molecule has 10 heteroatoms. The molecule has 4 rings (SSSR count). The molecule has 0 radical (unpaired) electrons. The van der Waals surface area contributed by atoms with Gasteiger partial charge in [0, 0.05) is 31.1 Å². The average molecular weight is 505 g/mol. The summed E-state index contributed by atoms with van der Waals surface area (Å²) in [6, 6.07) is 7.51. The Kier molecular flexibility index (Phi) is 7.07. The lowest BCUT2D eigenvalue weighted by Gasteiger charge is -2.34. The SMILES string of the molecule is COc1cc(C=CC2=NOC(C)(c3cc(F)c(F)c(F)c3)N2CCCCl)ccc1-n1cnc(C)c1. The van der Waals surface area contributed by atoms with Crippen molar-refractivity contribution in [3.63, 3.8) is 0 Å². The molecule has 0 saturated carbocycles. The van der Waals surface area contributed by atoms with Crippen LogP contribution in [0.15, 0.2) is 54.1 Å². The quantitative estimate of drug-likeness (QED) is 0.289.